The molecule has 1 heterocycles. The Morgan fingerprint density at radius 2 is 2.29 bits per heavy atom. The molecule has 90 valence electrons. The van der Waals surface area contributed by atoms with Gasteiger partial charge in [-0.1, -0.05) is 0 Å². The van der Waals surface area contributed by atoms with Gasteiger partial charge in [0.05, 0.1) is 0 Å². The van der Waals surface area contributed by atoms with Crippen molar-refractivity contribution in [3.05, 3.63) is 30.0 Å². The second-order valence-corrected chi connectivity index (χ2v) is 3.82. The predicted molar refractivity (Wildman–Crippen MR) is 69.1 cm³/mol. The van der Waals surface area contributed by atoms with Gasteiger partial charge in [-0.05, 0) is 36.7 Å². The lowest BCUT2D eigenvalue weighted by molar-refractivity contribution is 0.254. The highest BCUT2D eigenvalue weighted by Crippen LogP contribution is 2.22. The smallest absolute Gasteiger partial charge is 0.318 e. The largest absolute Gasteiger partial charge is 0.361 e. The molecule has 0 aliphatic rings. The molecule has 17 heavy (non-hydrogen) atoms. The Morgan fingerprint density at radius 3 is 3.00 bits per heavy atom. The van der Waals surface area contributed by atoms with Gasteiger partial charge in [-0.15, -0.1) is 0 Å². The number of carbonyl (C=O) groups excluding carboxylic acids is 1. The van der Waals surface area contributed by atoms with E-state index < -0.39 is 0 Å². The Balaban J connectivity index is 2.33. The van der Waals surface area contributed by atoms with Gasteiger partial charge in [0.25, 0.3) is 0 Å². The number of hydrogen-bond acceptors (Lipinski definition) is 2. The highest BCUT2D eigenvalue weighted by Gasteiger charge is 2.05. The third-order valence-electron chi connectivity index (χ3n) is 2.67. The Hall–Kier alpha value is -2.01. The van der Waals surface area contributed by atoms with E-state index in [9.17, 15) is 4.79 Å². The predicted octanol–water partition coefficient (Wildman–Crippen LogP) is 1.42. The van der Waals surface area contributed by atoms with Crippen LogP contribution >= 0.6 is 0 Å². The monoisotopic (exact) mass is 232 g/mol. The maximum Gasteiger partial charge on any atom is 0.318 e. The minimum absolute atomic E-state index is 0.222. The van der Waals surface area contributed by atoms with Gasteiger partial charge in [0.1, 0.15) is 0 Å². The Kier molecular flexibility index (Phi) is 3.30. The summed E-state index contributed by atoms with van der Waals surface area (Å²) in [5.41, 5.74) is 8.55. The number of H-pyrrole nitrogens is 1. The van der Waals surface area contributed by atoms with Gasteiger partial charge in [-0.2, -0.15) is 0 Å². The van der Waals surface area contributed by atoms with Crippen molar-refractivity contribution in [3.8, 4) is 0 Å². The summed E-state index contributed by atoms with van der Waals surface area (Å²) in [5, 5.41) is 6.37. The van der Waals surface area contributed by atoms with Gasteiger partial charge in [0, 0.05) is 29.8 Å². The third-order valence-corrected chi connectivity index (χ3v) is 2.67. The highest BCUT2D eigenvalue weighted by atomic mass is 16.2. The van der Waals surface area contributed by atoms with Crippen molar-refractivity contribution in [1.82, 2.24) is 10.3 Å². The van der Waals surface area contributed by atoms with E-state index in [2.05, 4.69) is 15.6 Å². The van der Waals surface area contributed by atoms with Crippen LogP contribution in [-0.2, 0) is 6.42 Å². The van der Waals surface area contributed by atoms with Crippen molar-refractivity contribution in [1.29, 1.82) is 0 Å². The van der Waals surface area contributed by atoms with E-state index >= 15 is 0 Å². The molecule has 2 aromatic rings. The van der Waals surface area contributed by atoms with E-state index in [0.717, 1.165) is 23.0 Å². The number of anilines is 1. The lowest BCUT2D eigenvalue weighted by atomic mass is 10.1. The zero-order chi connectivity index (χ0) is 12.3. The first-order valence-corrected chi connectivity index (χ1v) is 5.53. The van der Waals surface area contributed by atoms with Crippen LogP contribution in [0.5, 0.6) is 0 Å². The molecule has 2 rings (SSSR count). The van der Waals surface area contributed by atoms with Crippen LogP contribution in [0.3, 0.4) is 0 Å². The number of urea groups is 1. The number of fused-ring (bicyclic) bond motifs is 1. The second kappa shape index (κ2) is 4.88. The quantitative estimate of drug-likeness (QED) is 0.645. The van der Waals surface area contributed by atoms with Crippen molar-refractivity contribution >= 4 is 22.6 Å². The maximum atomic E-state index is 11.2. The summed E-state index contributed by atoms with van der Waals surface area (Å²) < 4.78 is 0. The van der Waals surface area contributed by atoms with Crippen molar-refractivity contribution in [2.45, 2.75) is 6.42 Å². The van der Waals surface area contributed by atoms with E-state index in [1.807, 2.05) is 24.4 Å². The van der Waals surface area contributed by atoms with E-state index in [4.69, 9.17) is 5.73 Å². The minimum Gasteiger partial charge on any atom is -0.361 e. The number of benzene rings is 1. The van der Waals surface area contributed by atoms with Gasteiger partial charge in [0.2, 0.25) is 0 Å². The summed E-state index contributed by atoms with van der Waals surface area (Å²) in [6.07, 6.45) is 2.78. The topological polar surface area (TPSA) is 82.9 Å². The molecule has 2 amide bonds. The molecule has 0 spiro atoms. The number of nitrogens with one attached hydrogen (secondary N) is 3. The molecule has 5 nitrogen and oxygen atoms in total. The molecular weight excluding hydrogens is 216 g/mol. The molecule has 1 aromatic heterocycles. The molecule has 0 saturated carbocycles. The van der Waals surface area contributed by atoms with Gasteiger partial charge >= 0.3 is 6.03 Å². The van der Waals surface area contributed by atoms with Gasteiger partial charge in [0.15, 0.2) is 0 Å². The number of carbonyl (C=O) groups is 1. The molecule has 0 bridgehead atoms. The Bertz CT molecular complexity index is 532. The first kappa shape index (κ1) is 11.5. The maximum absolute atomic E-state index is 11.2. The van der Waals surface area contributed by atoms with Crippen LogP contribution in [-0.4, -0.2) is 24.6 Å². The van der Waals surface area contributed by atoms with Crippen LogP contribution in [0.15, 0.2) is 24.4 Å². The number of nitrogens with two attached hydrogens (primary N) is 1. The van der Waals surface area contributed by atoms with E-state index in [1.165, 1.54) is 5.56 Å². The minimum atomic E-state index is -0.222. The van der Waals surface area contributed by atoms with Crippen LogP contribution in [0, 0.1) is 0 Å². The molecular formula is C12H16N4O. The summed E-state index contributed by atoms with van der Waals surface area (Å²) in [6.45, 7) is 0.611. The molecule has 0 fully saturated rings. The summed E-state index contributed by atoms with van der Waals surface area (Å²) in [7, 11) is 1.59. The van der Waals surface area contributed by atoms with Crippen LogP contribution in [0.2, 0.25) is 0 Å². The SMILES string of the molecule is CNC(=O)Nc1ccc2[nH]cc(CCN)c2c1. The van der Waals surface area contributed by atoms with Crippen LogP contribution in [0.1, 0.15) is 5.56 Å². The average molecular weight is 232 g/mol. The fourth-order valence-electron chi connectivity index (χ4n) is 1.81. The fourth-order valence-corrected chi connectivity index (χ4v) is 1.81. The van der Waals surface area contributed by atoms with Gasteiger partial charge in [-0.25, -0.2) is 4.79 Å². The number of amides is 2. The molecule has 5 heteroatoms. The van der Waals surface area contributed by atoms with Crippen molar-refractivity contribution < 1.29 is 4.79 Å². The average Bonchev–Trinajstić information content (AvgIpc) is 2.73. The molecule has 0 aliphatic heterocycles. The molecule has 0 unspecified atom stereocenters. The molecule has 0 saturated heterocycles. The zero-order valence-electron chi connectivity index (χ0n) is 9.71. The second-order valence-electron chi connectivity index (χ2n) is 3.82. The third kappa shape index (κ3) is 2.39. The summed E-state index contributed by atoms with van der Waals surface area (Å²) in [6, 6.07) is 5.53. The van der Waals surface area contributed by atoms with E-state index in [1.54, 1.807) is 7.05 Å². The zero-order valence-corrected chi connectivity index (χ0v) is 9.71. The number of hydrogen-bond donors (Lipinski definition) is 4. The van der Waals surface area contributed by atoms with E-state index in [0.29, 0.717) is 6.54 Å². The summed E-state index contributed by atoms with van der Waals surface area (Å²) in [4.78, 5) is 14.4. The van der Waals surface area contributed by atoms with Crippen LogP contribution in [0.4, 0.5) is 10.5 Å². The molecule has 5 N–H and O–H groups in total. The Labute approximate surface area is 99.4 Å². The standard InChI is InChI=1S/C12H16N4O/c1-14-12(17)16-9-2-3-11-10(6-9)8(4-5-13)7-15-11/h2-3,6-7,15H,4-5,13H2,1H3,(H2,14,16,17). The first-order valence-electron chi connectivity index (χ1n) is 5.53. The molecule has 0 aliphatic carbocycles. The van der Waals surface area contributed by atoms with Crippen LogP contribution < -0.4 is 16.4 Å². The lowest BCUT2D eigenvalue weighted by Crippen LogP contribution is -2.24. The van der Waals surface area contributed by atoms with Crippen molar-refractivity contribution in [2.24, 2.45) is 5.73 Å². The van der Waals surface area contributed by atoms with Crippen LogP contribution in [0.25, 0.3) is 10.9 Å². The first-order chi connectivity index (χ1) is 8.24. The fraction of sp³-hybridized carbons (Fsp3) is 0.250. The summed E-state index contributed by atoms with van der Waals surface area (Å²) in [5.74, 6) is 0. The number of aromatic nitrogens is 1. The van der Waals surface area contributed by atoms with Gasteiger partial charge < -0.3 is 21.4 Å². The highest BCUT2D eigenvalue weighted by molar-refractivity contribution is 5.93. The normalized spacial score (nSPS) is 10.5. The van der Waals surface area contributed by atoms with Crippen molar-refractivity contribution in [2.75, 3.05) is 18.9 Å². The lowest BCUT2D eigenvalue weighted by Gasteiger charge is -2.05. The number of rotatable bonds is 3. The number of aromatic amines is 1. The molecule has 0 radical (unpaired) electrons. The molecule has 0 atom stereocenters. The summed E-state index contributed by atoms with van der Waals surface area (Å²) >= 11 is 0. The van der Waals surface area contributed by atoms with E-state index in [-0.39, 0.29) is 6.03 Å². The Morgan fingerprint density at radius 1 is 1.47 bits per heavy atom. The molecule has 1 aromatic carbocycles. The van der Waals surface area contributed by atoms with Gasteiger partial charge in [-0.3, -0.25) is 0 Å². The van der Waals surface area contributed by atoms with Crippen molar-refractivity contribution in [3.63, 3.8) is 0 Å².